The number of hydrogen-bond donors (Lipinski definition) is 1. The first kappa shape index (κ1) is 12.9. The van der Waals surface area contributed by atoms with Crippen molar-refractivity contribution in [3.63, 3.8) is 0 Å². The molecule has 2 heterocycles. The molecule has 2 aromatic rings. The minimum absolute atomic E-state index is 0.0525. The van der Waals surface area contributed by atoms with Crippen LogP contribution in [-0.4, -0.2) is 14.9 Å². The Balaban J connectivity index is 2.73. The highest BCUT2D eigenvalue weighted by Crippen LogP contribution is 2.28. The summed E-state index contributed by atoms with van der Waals surface area (Å²) >= 11 is 0. The van der Waals surface area contributed by atoms with Crippen LogP contribution in [0.5, 0.6) is 0 Å². The van der Waals surface area contributed by atoms with Gasteiger partial charge in [-0.15, -0.1) is 0 Å². The first-order valence-corrected chi connectivity index (χ1v) is 5.82. The summed E-state index contributed by atoms with van der Waals surface area (Å²) in [6, 6.07) is 4.83. The van der Waals surface area contributed by atoms with Crippen molar-refractivity contribution in [1.29, 1.82) is 0 Å². The average Bonchev–Trinajstić information content (AvgIpc) is 2.38. The highest BCUT2D eigenvalue weighted by Gasteiger charge is 2.19. The molecule has 0 aliphatic heterocycles. The smallest absolute Gasteiger partial charge is 0.319 e. The van der Waals surface area contributed by atoms with Crippen LogP contribution in [0.2, 0.25) is 0 Å². The van der Waals surface area contributed by atoms with Gasteiger partial charge in [0.25, 0.3) is 0 Å². The number of aromatic nitrogens is 2. The van der Waals surface area contributed by atoms with E-state index in [1.54, 1.807) is 24.5 Å². The highest BCUT2D eigenvalue weighted by molar-refractivity contribution is 5.68. The maximum absolute atomic E-state index is 11.7. The second kappa shape index (κ2) is 5.01. The van der Waals surface area contributed by atoms with Gasteiger partial charge >= 0.3 is 11.2 Å². The lowest BCUT2D eigenvalue weighted by molar-refractivity contribution is -0.386. The van der Waals surface area contributed by atoms with Crippen LogP contribution in [0, 0.1) is 10.1 Å². The van der Waals surface area contributed by atoms with E-state index in [2.05, 4.69) is 9.97 Å². The Morgan fingerprint density at radius 2 is 1.95 bits per heavy atom. The molecule has 0 fully saturated rings. The molecule has 98 valence electrons. The zero-order chi connectivity index (χ0) is 14.0. The molecule has 1 N–H and O–H groups in total. The van der Waals surface area contributed by atoms with Gasteiger partial charge in [-0.25, -0.2) is 0 Å². The Bertz CT molecular complexity index is 663. The van der Waals surface area contributed by atoms with Crippen molar-refractivity contribution >= 4 is 5.69 Å². The first-order valence-electron chi connectivity index (χ1n) is 5.82. The fourth-order valence-electron chi connectivity index (χ4n) is 1.89. The standard InChI is InChI=1S/C13H13N3O3/c1-8(2)12-10(9-3-5-14-6-4-9)7-11(16(18)19)13(17)15-12/h3-8H,1-2H3,(H,15,17). The van der Waals surface area contributed by atoms with E-state index in [4.69, 9.17) is 0 Å². The lowest BCUT2D eigenvalue weighted by Gasteiger charge is -2.12. The van der Waals surface area contributed by atoms with E-state index in [1.807, 2.05) is 13.8 Å². The molecule has 0 saturated heterocycles. The van der Waals surface area contributed by atoms with Crippen LogP contribution in [0.4, 0.5) is 5.69 Å². The summed E-state index contributed by atoms with van der Waals surface area (Å²) in [5.74, 6) is 0.0525. The molecule has 0 amide bonds. The van der Waals surface area contributed by atoms with Crippen molar-refractivity contribution in [2.45, 2.75) is 19.8 Å². The molecule has 0 aliphatic carbocycles. The van der Waals surface area contributed by atoms with Crippen molar-refractivity contribution in [1.82, 2.24) is 9.97 Å². The summed E-state index contributed by atoms with van der Waals surface area (Å²) in [4.78, 5) is 28.4. The Morgan fingerprint density at radius 1 is 1.32 bits per heavy atom. The highest BCUT2D eigenvalue weighted by atomic mass is 16.6. The van der Waals surface area contributed by atoms with Crippen molar-refractivity contribution in [2.24, 2.45) is 0 Å². The average molecular weight is 259 g/mol. The van der Waals surface area contributed by atoms with Gasteiger partial charge in [0.15, 0.2) is 0 Å². The molecule has 0 unspecified atom stereocenters. The van der Waals surface area contributed by atoms with Gasteiger partial charge in [-0.2, -0.15) is 0 Å². The lowest BCUT2D eigenvalue weighted by atomic mass is 9.98. The van der Waals surface area contributed by atoms with Gasteiger partial charge in [0.2, 0.25) is 0 Å². The van der Waals surface area contributed by atoms with Gasteiger partial charge in [0.05, 0.1) is 4.92 Å². The van der Waals surface area contributed by atoms with E-state index < -0.39 is 16.2 Å². The molecule has 0 spiro atoms. The predicted molar refractivity (Wildman–Crippen MR) is 71.0 cm³/mol. The second-order valence-corrected chi connectivity index (χ2v) is 4.46. The van der Waals surface area contributed by atoms with Gasteiger partial charge in [0, 0.05) is 29.7 Å². The van der Waals surface area contributed by atoms with Gasteiger partial charge in [0.1, 0.15) is 0 Å². The Morgan fingerprint density at radius 3 is 2.47 bits per heavy atom. The zero-order valence-corrected chi connectivity index (χ0v) is 10.6. The molecule has 0 saturated carbocycles. The van der Waals surface area contributed by atoms with E-state index in [9.17, 15) is 14.9 Å². The largest absolute Gasteiger partial charge is 0.334 e. The van der Waals surface area contributed by atoms with Gasteiger partial charge < -0.3 is 4.98 Å². The summed E-state index contributed by atoms with van der Waals surface area (Å²) in [5.41, 5.74) is 1.01. The van der Waals surface area contributed by atoms with Crippen LogP contribution in [0.15, 0.2) is 35.4 Å². The minimum atomic E-state index is -0.675. The van der Waals surface area contributed by atoms with Gasteiger partial charge in [-0.3, -0.25) is 19.9 Å². The molecular formula is C13H13N3O3. The molecular weight excluding hydrogens is 246 g/mol. The molecule has 0 atom stereocenters. The van der Waals surface area contributed by atoms with Gasteiger partial charge in [-0.05, 0) is 23.6 Å². The summed E-state index contributed by atoms with van der Waals surface area (Å²) < 4.78 is 0. The van der Waals surface area contributed by atoms with E-state index >= 15 is 0 Å². The monoisotopic (exact) mass is 259 g/mol. The quantitative estimate of drug-likeness (QED) is 0.677. The maximum Gasteiger partial charge on any atom is 0.334 e. The topological polar surface area (TPSA) is 88.9 Å². The fraction of sp³-hybridized carbons (Fsp3) is 0.231. The molecule has 6 heteroatoms. The minimum Gasteiger partial charge on any atom is -0.319 e. The zero-order valence-electron chi connectivity index (χ0n) is 10.6. The second-order valence-electron chi connectivity index (χ2n) is 4.46. The number of rotatable bonds is 3. The molecule has 0 radical (unpaired) electrons. The van der Waals surface area contributed by atoms with E-state index in [0.717, 1.165) is 5.56 Å². The van der Waals surface area contributed by atoms with Crippen molar-refractivity contribution in [2.75, 3.05) is 0 Å². The Labute approximate surface area is 109 Å². The van der Waals surface area contributed by atoms with E-state index in [0.29, 0.717) is 11.3 Å². The molecule has 0 aliphatic rings. The summed E-state index contributed by atoms with van der Waals surface area (Å²) in [7, 11) is 0. The Hall–Kier alpha value is -2.50. The number of pyridine rings is 2. The number of hydrogen-bond acceptors (Lipinski definition) is 4. The normalized spacial score (nSPS) is 10.7. The lowest BCUT2D eigenvalue weighted by Crippen LogP contribution is -2.15. The third kappa shape index (κ3) is 2.52. The van der Waals surface area contributed by atoms with Crippen molar-refractivity contribution in [3.05, 3.63) is 56.8 Å². The first-order chi connectivity index (χ1) is 9.00. The molecule has 0 bridgehead atoms. The number of nitrogens with zero attached hydrogens (tertiary/aromatic N) is 2. The SMILES string of the molecule is CC(C)c1[nH]c(=O)c([N+](=O)[O-])cc1-c1ccncc1. The fourth-order valence-corrected chi connectivity index (χ4v) is 1.89. The van der Waals surface area contributed by atoms with E-state index in [-0.39, 0.29) is 5.92 Å². The van der Waals surface area contributed by atoms with E-state index in [1.165, 1.54) is 6.07 Å². The number of H-pyrrole nitrogens is 1. The third-order valence-corrected chi connectivity index (χ3v) is 2.82. The maximum atomic E-state index is 11.7. The molecule has 0 aromatic carbocycles. The number of nitro groups is 1. The van der Waals surface area contributed by atoms with Gasteiger partial charge in [-0.1, -0.05) is 13.8 Å². The molecule has 19 heavy (non-hydrogen) atoms. The molecule has 2 rings (SSSR count). The predicted octanol–water partition coefficient (Wildman–Crippen LogP) is 2.47. The van der Waals surface area contributed by atoms with Crippen molar-refractivity contribution in [3.8, 4) is 11.1 Å². The van der Waals surface area contributed by atoms with Crippen molar-refractivity contribution < 1.29 is 4.92 Å². The summed E-state index contributed by atoms with van der Waals surface area (Å²) in [5, 5.41) is 10.9. The summed E-state index contributed by atoms with van der Waals surface area (Å²) in [6.45, 7) is 3.84. The van der Waals surface area contributed by atoms with Crippen LogP contribution in [0.25, 0.3) is 11.1 Å². The third-order valence-electron chi connectivity index (χ3n) is 2.82. The van der Waals surface area contributed by atoms with Crippen LogP contribution < -0.4 is 5.56 Å². The summed E-state index contributed by atoms with van der Waals surface area (Å²) in [6.07, 6.45) is 3.22. The van der Waals surface area contributed by atoms with Crippen LogP contribution in [0.3, 0.4) is 0 Å². The van der Waals surface area contributed by atoms with Crippen LogP contribution in [0.1, 0.15) is 25.5 Å². The Kier molecular flexibility index (Phi) is 3.41. The van der Waals surface area contributed by atoms with Crippen LogP contribution >= 0.6 is 0 Å². The van der Waals surface area contributed by atoms with Crippen LogP contribution in [-0.2, 0) is 0 Å². The molecule has 6 nitrogen and oxygen atoms in total. The molecule has 2 aromatic heterocycles. The number of nitrogens with one attached hydrogen (secondary N) is 1. The number of aromatic amines is 1.